The second-order valence-electron chi connectivity index (χ2n) is 10.4. The maximum Gasteiger partial charge on any atom is 0.340 e. The van der Waals surface area contributed by atoms with Gasteiger partial charge in [0.2, 0.25) is 17.7 Å². The van der Waals surface area contributed by atoms with Gasteiger partial charge in [0.05, 0.1) is 20.3 Å². The Morgan fingerprint density at radius 3 is 2.76 bits per heavy atom. The van der Waals surface area contributed by atoms with Crippen LogP contribution < -0.4 is 25.8 Å². The van der Waals surface area contributed by atoms with E-state index in [1.165, 1.54) is 4.90 Å². The van der Waals surface area contributed by atoms with Crippen molar-refractivity contribution in [1.29, 1.82) is 0 Å². The van der Waals surface area contributed by atoms with Crippen LogP contribution in [-0.4, -0.2) is 86.7 Å². The van der Waals surface area contributed by atoms with Crippen LogP contribution in [-0.2, 0) is 27.3 Å². The van der Waals surface area contributed by atoms with Crippen LogP contribution in [0.5, 0.6) is 11.5 Å². The molecule has 14 heteroatoms. The van der Waals surface area contributed by atoms with E-state index in [2.05, 4.69) is 30.8 Å². The summed E-state index contributed by atoms with van der Waals surface area (Å²) in [6, 6.07) is 4.83. The molecule has 1 aliphatic heterocycles. The molecule has 0 aliphatic carbocycles. The topological polar surface area (TPSA) is 176 Å². The minimum Gasteiger partial charge on any atom is -0.493 e. The summed E-state index contributed by atoms with van der Waals surface area (Å²) in [5.74, 6) is 1.02. The number of rotatable bonds is 5. The van der Waals surface area contributed by atoms with Crippen molar-refractivity contribution in [2.75, 3.05) is 33.4 Å². The predicted octanol–water partition coefficient (Wildman–Crippen LogP) is 0.861. The maximum atomic E-state index is 13.2. The number of aromatic nitrogens is 5. The average Bonchev–Trinajstić information content (AvgIpc) is 3.62. The molecular weight excluding hydrogens is 544 g/mol. The van der Waals surface area contributed by atoms with Gasteiger partial charge in [0.15, 0.2) is 11.5 Å². The van der Waals surface area contributed by atoms with Gasteiger partial charge in [0.25, 0.3) is 0 Å². The van der Waals surface area contributed by atoms with Crippen LogP contribution in [0.3, 0.4) is 0 Å². The summed E-state index contributed by atoms with van der Waals surface area (Å²) in [5.41, 5.74) is 0.392. The molecule has 3 amide bonds. The molecule has 2 bridgehead atoms. The molecule has 0 fully saturated rings. The van der Waals surface area contributed by atoms with Crippen LogP contribution in [0.2, 0.25) is 0 Å². The molecule has 4 N–H and O–H groups in total. The lowest BCUT2D eigenvalue weighted by molar-refractivity contribution is -0.137. The van der Waals surface area contributed by atoms with E-state index in [9.17, 15) is 19.2 Å². The van der Waals surface area contributed by atoms with Crippen molar-refractivity contribution in [3.63, 3.8) is 0 Å². The van der Waals surface area contributed by atoms with Gasteiger partial charge in [-0.15, -0.1) is 0 Å². The number of nitrogens with zero attached hydrogens (tertiary/aromatic N) is 4. The monoisotopic (exact) mass is 582 g/mol. The fourth-order valence-corrected chi connectivity index (χ4v) is 4.71. The number of carbonyl (C=O) groups excluding carboxylic acids is 3. The zero-order valence-corrected chi connectivity index (χ0v) is 24.1. The van der Waals surface area contributed by atoms with Crippen molar-refractivity contribution in [1.82, 2.24) is 40.3 Å². The first kappa shape index (κ1) is 30.3. The standard InChI is InChI=1S/C28H38N8O6/c1-18(2)25-27(39)30-10-4-12-35-14-11-29-26(35)19-6-7-20(41-3)21(16-19)42-15-5-13-36(17-23(37)32-25)24(38)9-8-22-31-28(40)34-33-22/h6-7,11,14,16,18,25H,4-5,8-10,12-13,15,17H2,1-3H3,(H,30,39)(H,32,37)(H2,31,33,34,40)/t25-/m1/s1. The van der Waals surface area contributed by atoms with Crippen molar-refractivity contribution in [2.45, 2.75) is 52.1 Å². The third-order valence-corrected chi connectivity index (χ3v) is 6.92. The number of imidazole rings is 1. The number of aryl methyl sites for hydroxylation is 2. The van der Waals surface area contributed by atoms with Gasteiger partial charge in [-0.3, -0.25) is 19.4 Å². The van der Waals surface area contributed by atoms with Gasteiger partial charge in [-0.05, 0) is 37.0 Å². The highest BCUT2D eigenvalue weighted by atomic mass is 16.5. The molecule has 0 saturated carbocycles. The molecule has 4 rings (SSSR count). The van der Waals surface area contributed by atoms with Gasteiger partial charge in [-0.25, -0.2) is 14.9 Å². The van der Waals surface area contributed by atoms with E-state index in [0.29, 0.717) is 43.3 Å². The SMILES string of the molecule is COc1ccc2cc1OCCCN(C(=O)CCc1n[nH]c(=O)[nH]1)CC(=O)N[C@H](C(C)C)C(=O)NCCCn1ccnc1-2. The van der Waals surface area contributed by atoms with E-state index in [0.717, 1.165) is 11.4 Å². The van der Waals surface area contributed by atoms with E-state index in [4.69, 9.17) is 9.47 Å². The van der Waals surface area contributed by atoms with Crippen molar-refractivity contribution in [3.05, 3.63) is 46.9 Å². The third-order valence-electron chi connectivity index (χ3n) is 6.92. The molecule has 42 heavy (non-hydrogen) atoms. The Hall–Kier alpha value is -4.62. The van der Waals surface area contributed by atoms with Crippen molar-refractivity contribution in [3.8, 4) is 22.9 Å². The molecule has 0 radical (unpaired) electrons. The molecule has 0 spiro atoms. The largest absolute Gasteiger partial charge is 0.493 e. The quantitative estimate of drug-likeness (QED) is 0.342. The fourth-order valence-electron chi connectivity index (χ4n) is 4.71. The number of ether oxygens (including phenoxy) is 2. The third kappa shape index (κ3) is 7.98. The molecule has 226 valence electrons. The summed E-state index contributed by atoms with van der Waals surface area (Å²) in [7, 11) is 1.56. The van der Waals surface area contributed by atoms with Crippen molar-refractivity contribution in [2.24, 2.45) is 5.92 Å². The Kier molecular flexibility index (Phi) is 10.3. The van der Waals surface area contributed by atoms with E-state index in [1.807, 2.05) is 42.8 Å². The molecule has 1 atom stereocenters. The van der Waals surface area contributed by atoms with Crippen LogP contribution in [0.4, 0.5) is 0 Å². The Balaban J connectivity index is 1.55. The molecule has 1 aromatic carbocycles. The number of hydrogen-bond acceptors (Lipinski definition) is 8. The first-order chi connectivity index (χ1) is 20.2. The summed E-state index contributed by atoms with van der Waals surface area (Å²) in [5, 5.41) is 11.8. The number of methoxy groups -OCH3 is 1. The number of aromatic amines is 2. The summed E-state index contributed by atoms with van der Waals surface area (Å²) in [6.45, 7) is 4.99. The van der Waals surface area contributed by atoms with Gasteiger partial charge in [0.1, 0.15) is 17.7 Å². The lowest BCUT2D eigenvalue weighted by Gasteiger charge is -2.26. The highest BCUT2D eigenvalue weighted by Crippen LogP contribution is 2.32. The van der Waals surface area contributed by atoms with Gasteiger partial charge in [-0.1, -0.05) is 13.8 Å². The number of hydrogen-bond donors (Lipinski definition) is 4. The molecule has 14 nitrogen and oxygen atoms in total. The molecule has 0 unspecified atom stereocenters. The second-order valence-corrected chi connectivity index (χ2v) is 10.4. The zero-order valence-electron chi connectivity index (χ0n) is 24.1. The predicted molar refractivity (Wildman–Crippen MR) is 153 cm³/mol. The molecule has 2 aromatic heterocycles. The summed E-state index contributed by atoms with van der Waals surface area (Å²) in [4.78, 5) is 59.0. The van der Waals surface area contributed by atoms with Gasteiger partial charge in [0, 0.05) is 50.4 Å². The van der Waals surface area contributed by atoms with E-state index in [1.54, 1.807) is 13.3 Å². The smallest absolute Gasteiger partial charge is 0.340 e. The number of nitrogens with one attached hydrogen (secondary N) is 4. The number of amides is 3. The fraction of sp³-hybridized carbons (Fsp3) is 0.500. The molecule has 3 aromatic rings. The Morgan fingerprint density at radius 1 is 1.19 bits per heavy atom. The van der Waals surface area contributed by atoms with Crippen LogP contribution >= 0.6 is 0 Å². The first-order valence-electron chi connectivity index (χ1n) is 14.1. The van der Waals surface area contributed by atoms with Gasteiger partial charge in [-0.2, -0.15) is 5.10 Å². The number of fused-ring (bicyclic) bond motifs is 4. The summed E-state index contributed by atoms with van der Waals surface area (Å²) in [6.07, 6.45) is 4.92. The number of H-pyrrole nitrogens is 2. The van der Waals surface area contributed by atoms with Crippen molar-refractivity contribution < 1.29 is 23.9 Å². The lowest BCUT2D eigenvalue weighted by Crippen LogP contribution is -2.52. The van der Waals surface area contributed by atoms with E-state index >= 15 is 0 Å². The van der Waals surface area contributed by atoms with E-state index in [-0.39, 0.29) is 50.3 Å². The Morgan fingerprint density at radius 2 is 2.02 bits per heavy atom. The Labute approximate surface area is 243 Å². The summed E-state index contributed by atoms with van der Waals surface area (Å²) < 4.78 is 13.6. The Bertz CT molecular complexity index is 1430. The summed E-state index contributed by atoms with van der Waals surface area (Å²) >= 11 is 0. The minimum absolute atomic E-state index is 0.0333. The molecule has 1 aliphatic rings. The normalized spacial score (nSPS) is 17.2. The second kappa shape index (κ2) is 14.3. The van der Waals surface area contributed by atoms with E-state index < -0.39 is 17.6 Å². The highest BCUT2D eigenvalue weighted by Gasteiger charge is 2.26. The molecule has 3 heterocycles. The van der Waals surface area contributed by atoms with Crippen molar-refractivity contribution >= 4 is 17.7 Å². The number of benzene rings is 1. The molecule has 0 saturated heterocycles. The first-order valence-corrected chi connectivity index (χ1v) is 14.1. The molecular formula is C28H38N8O6. The lowest BCUT2D eigenvalue weighted by atomic mass is 10.0. The van der Waals surface area contributed by atoms with Crippen LogP contribution in [0.1, 0.15) is 38.9 Å². The van der Waals surface area contributed by atoms with Crippen LogP contribution in [0, 0.1) is 5.92 Å². The van der Waals surface area contributed by atoms with Crippen LogP contribution in [0.15, 0.2) is 35.4 Å². The average molecular weight is 583 g/mol. The van der Waals surface area contributed by atoms with Gasteiger partial charge < -0.3 is 29.6 Å². The number of carbonyl (C=O) groups is 3. The van der Waals surface area contributed by atoms with Crippen LogP contribution in [0.25, 0.3) is 11.4 Å². The highest BCUT2D eigenvalue weighted by molar-refractivity contribution is 5.90. The zero-order chi connectivity index (χ0) is 30.1. The van der Waals surface area contributed by atoms with Gasteiger partial charge >= 0.3 is 5.69 Å². The maximum absolute atomic E-state index is 13.2. The minimum atomic E-state index is -0.758.